The molecule has 1 amide bonds. The number of hydrogen-bond donors (Lipinski definition) is 0. The van der Waals surface area contributed by atoms with Crippen molar-refractivity contribution in [2.24, 2.45) is 0 Å². The number of fused-ring (bicyclic) bond motifs is 1. The van der Waals surface area contributed by atoms with E-state index < -0.39 is 0 Å². The van der Waals surface area contributed by atoms with Crippen LogP contribution in [0.5, 0.6) is 0 Å². The fourth-order valence-electron chi connectivity index (χ4n) is 4.87. The zero-order chi connectivity index (χ0) is 20.7. The summed E-state index contributed by atoms with van der Waals surface area (Å²) in [6.07, 6.45) is 7.67. The first-order valence-corrected chi connectivity index (χ1v) is 11.3. The number of hydrogen-bond acceptors (Lipinski definition) is 6. The van der Waals surface area contributed by atoms with Crippen molar-refractivity contribution in [3.05, 3.63) is 40.6 Å². The van der Waals surface area contributed by atoms with Gasteiger partial charge in [-0.3, -0.25) is 9.69 Å². The standard InChI is InChI=1S/C23H31N5O2/c1-16-14-20(17(2)30-16)22(29)27-8-6-18-15-24-23(25-21(18)7-9-27)28-12-10-26(11-13-28)19-4-3-5-19/h14-15,19H,3-13H2,1-2H3. The molecule has 2 fully saturated rings. The molecule has 160 valence electrons. The second kappa shape index (κ2) is 8.02. The zero-order valence-electron chi connectivity index (χ0n) is 18.1. The molecule has 1 saturated carbocycles. The molecule has 30 heavy (non-hydrogen) atoms. The molecule has 7 heteroatoms. The number of furan rings is 1. The summed E-state index contributed by atoms with van der Waals surface area (Å²) < 4.78 is 5.56. The first kappa shape index (κ1) is 19.5. The molecule has 7 nitrogen and oxygen atoms in total. The van der Waals surface area contributed by atoms with Crippen molar-refractivity contribution < 1.29 is 9.21 Å². The van der Waals surface area contributed by atoms with Gasteiger partial charge in [-0.15, -0.1) is 0 Å². The van der Waals surface area contributed by atoms with Gasteiger partial charge in [0.2, 0.25) is 5.95 Å². The van der Waals surface area contributed by atoms with Crippen molar-refractivity contribution in [1.82, 2.24) is 19.8 Å². The van der Waals surface area contributed by atoms with Gasteiger partial charge in [0.05, 0.1) is 11.3 Å². The molecule has 0 unspecified atom stereocenters. The average Bonchev–Trinajstić information content (AvgIpc) is 2.92. The lowest BCUT2D eigenvalue weighted by Crippen LogP contribution is -2.52. The SMILES string of the molecule is Cc1cc(C(=O)N2CCc3cnc(N4CCN(C5CCC5)CC4)nc3CC2)c(C)o1. The molecule has 0 bridgehead atoms. The van der Waals surface area contributed by atoms with Gasteiger partial charge < -0.3 is 14.2 Å². The van der Waals surface area contributed by atoms with E-state index in [1.165, 1.54) is 24.8 Å². The van der Waals surface area contributed by atoms with Crippen LogP contribution in [-0.2, 0) is 12.8 Å². The van der Waals surface area contributed by atoms with Crippen molar-refractivity contribution in [1.29, 1.82) is 0 Å². The Labute approximate surface area is 178 Å². The maximum absolute atomic E-state index is 13.0. The van der Waals surface area contributed by atoms with Crippen LogP contribution in [0.4, 0.5) is 5.95 Å². The van der Waals surface area contributed by atoms with Crippen LogP contribution in [0.1, 0.15) is 52.4 Å². The summed E-state index contributed by atoms with van der Waals surface area (Å²) in [4.78, 5) is 29.5. The third kappa shape index (κ3) is 3.71. The Kier molecular flexibility index (Phi) is 5.23. The molecular formula is C23H31N5O2. The molecule has 2 aromatic rings. The third-order valence-corrected chi connectivity index (χ3v) is 6.96. The highest BCUT2D eigenvalue weighted by Crippen LogP contribution is 2.26. The molecule has 0 aromatic carbocycles. The van der Waals surface area contributed by atoms with Gasteiger partial charge in [-0.2, -0.15) is 0 Å². The number of rotatable bonds is 3. The third-order valence-electron chi connectivity index (χ3n) is 6.96. The van der Waals surface area contributed by atoms with Gasteiger partial charge in [0.25, 0.3) is 5.91 Å². The Morgan fingerprint density at radius 2 is 1.83 bits per heavy atom. The highest BCUT2D eigenvalue weighted by molar-refractivity contribution is 5.95. The number of amides is 1. The molecule has 3 aliphatic rings. The summed E-state index contributed by atoms with van der Waals surface area (Å²) in [6, 6.07) is 2.66. The Balaban J connectivity index is 1.24. The summed E-state index contributed by atoms with van der Waals surface area (Å²) in [5.41, 5.74) is 2.94. The zero-order valence-corrected chi connectivity index (χ0v) is 18.1. The van der Waals surface area contributed by atoms with Crippen LogP contribution < -0.4 is 4.90 Å². The van der Waals surface area contributed by atoms with E-state index >= 15 is 0 Å². The van der Waals surface area contributed by atoms with E-state index in [1.54, 1.807) is 0 Å². The molecule has 0 N–H and O–H groups in total. The normalized spacial score (nSPS) is 20.6. The van der Waals surface area contributed by atoms with Gasteiger partial charge in [0, 0.05) is 57.9 Å². The Morgan fingerprint density at radius 3 is 2.50 bits per heavy atom. The first-order chi connectivity index (χ1) is 14.6. The predicted octanol–water partition coefficient (Wildman–Crippen LogP) is 2.60. The number of aromatic nitrogens is 2. The average molecular weight is 410 g/mol. The number of carbonyl (C=O) groups is 1. The van der Waals surface area contributed by atoms with Crippen LogP contribution in [-0.4, -0.2) is 71.0 Å². The van der Waals surface area contributed by atoms with E-state index in [-0.39, 0.29) is 5.91 Å². The minimum absolute atomic E-state index is 0.0532. The van der Waals surface area contributed by atoms with E-state index in [2.05, 4.69) is 14.8 Å². The first-order valence-electron chi connectivity index (χ1n) is 11.3. The topological polar surface area (TPSA) is 65.7 Å². The van der Waals surface area contributed by atoms with Gasteiger partial charge >= 0.3 is 0 Å². The smallest absolute Gasteiger partial charge is 0.257 e. The molecule has 0 radical (unpaired) electrons. The lowest BCUT2D eigenvalue weighted by molar-refractivity contribution is 0.0761. The lowest BCUT2D eigenvalue weighted by atomic mass is 9.91. The fraction of sp³-hybridized carbons (Fsp3) is 0.609. The summed E-state index contributed by atoms with van der Waals surface area (Å²) in [6.45, 7) is 9.33. The molecule has 5 rings (SSSR count). The van der Waals surface area contributed by atoms with Crippen molar-refractivity contribution in [3.8, 4) is 0 Å². The van der Waals surface area contributed by atoms with Crippen LogP contribution in [0.3, 0.4) is 0 Å². The number of anilines is 1. The van der Waals surface area contributed by atoms with Gasteiger partial charge in [-0.25, -0.2) is 9.97 Å². The Morgan fingerprint density at radius 1 is 1.07 bits per heavy atom. The van der Waals surface area contributed by atoms with Crippen molar-refractivity contribution in [3.63, 3.8) is 0 Å². The van der Waals surface area contributed by atoms with Gasteiger partial charge in [-0.05, 0) is 44.7 Å². The second-order valence-corrected chi connectivity index (χ2v) is 8.87. The Hall–Kier alpha value is -2.41. The van der Waals surface area contributed by atoms with Gasteiger partial charge in [0.1, 0.15) is 11.5 Å². The number of nitrogens with zero attached hydrogens (tertiary/aromatic N) is 5. The monoisotopic (exact) mass is 409 g/mol. The minimum atomic E-state index is 0.0532. The van der Waals surface area contributed by atoms with Crippen molar-refractivity contribution in [2.75, 3.05) is 44.2 Å². The predicted molar refractivity (Wildman–Crippen MR) is 115 cm³/mol. The minimum Gasteiger partial charge on any atom is -0.466 e. The van der Waals surface area contributed by atoms with Crippen LogP contribution in [0.15, 0.2) is 16.7 Å². The maximum Gasteiger partial charge on any atom is 0.257 e. The van der Waals surface area contributed by atoms with Crippen molar-refractivity contribution >= 4 is 11.9 Å². The molecule has 0 spiro atoms. The fourth-order valence-corrected chi connectivity index (χ4v) is 4.87. The van der Waals surface area contributed by atoms with Crippen LogP contribution in [0, 0.1) is 13.8 Å². The molecule has 2 aromatic heterocycles. The highest BCUT2D eigenvalue weighted by Gasteiger charge is 2.29. The quantitative estimate of drug-likeness (QED) is 0.776. The number of carbonyl (C=O) groups excluding carboxylic acids is 1. The molecular weight excluding hydrogens is 378 g/mol. The molecule has 2 aliphatic heterocycles. The largest absolute Gasteiger partial charge is 0.466 e. The van der Waals surface area contributed by atoms with Gasteiger partial charge in [0.15, 0.2) is 0 Å². The molecule has 1 aliphatic carbocycles. The number of piperazine rings is 1. The molecule has 1 saturated heterocycles. The summed E-state index contributed by atoms with van der Waals surface area (Å²) in [5, 5.41) is 0. The van der Waals surface area contributed by atoms with Crippen LogP contribution >= 0.6 is 0 Å². The van der Waals surface area contributed by atoms with E-state index in [1.807, 2.05) is 31.0 Å². The lowest BCUT2D eigenvalue weighted by Gasteiger charge is -2.43. The van der Waals surface area contributed by atoms with E-state index in [4.69, 9.17) is 9.40 Å². The number of aryl methyl sites for hydroxylation is 2. The Bertz CT molecular complexity index is 928. The highest BCUT2D eigenvalue weighted by atomic mass is 16.3. The van der Waals surface area contributed by atoms with Gasteiger partial charge in [-0.1, -0.05) is 6.42 Å². The van der Waals surface area contributed by atoms with Crippen molar-refractivity contribution in [2.45, 2.75) is 52.0 Å². The summed E-state index contributed by atoms with van der Waals surface area (Å²) in [5.74, 6) is 2.38. The molecule has 4 heterocycles. The van der Waals surface area contributed by atoms with E-state index in [9.17, 15) is 4.79 Å². The van der Waals surface area contributed by atoms with Crippen LogP contribution in [0.2, 0.25) is 0 Å². The van der Waals surface area contributed by atoms with E-state index in [0.717, 1.165) is 62.5 Å². The summed E-state index contributed by atoms with van der Waals surface area (Å²) >= 11 is 0. The molecule has 0 atom stereocenters. The second-order valence-electron chi connectivity index (χ2n) is 8.87. The summed E-state index contributed by atoms with van der Waals surface area (Å²) in [7, 11) is 0. The maximum atomic E-state index is 13.0. The van der Waals surface area contributed by atoms with E-state index in [0.29, 0.717) is 24.4 Å². The van der Waals surface area contributed by atoms with Crippen LogP contribution in [0.25, 0.3) is 0 Å².